The van der Waals surface area contributed by atoms with Crippen LogP contribution in [0.25, 0.3) is 0 Å². The van der Waals surface area contributed by atoms with Gasteiger partial charge in [-0.1, -0.05) is 44.7 Å². The summed E-state index contributed by atoms with van der Waals surface area (Å²) >= 11 is 5.96. The highest BCUT2D eigenvalue weighted by Crippen LogP contribution is 2.13. The maximum atomic E-state index is 12.1. The molecule has 19 heavy (non-hydrogen) atoms. The number of carbonyl (C=O) groups excluding carboxylic acids is 1. The van der Waals surface area contributed by atoms with Crippen LogP contribution in [-0.4, -0.2) is 16.9 Å². The molecule has 1 aromatic rings. The van der Waals surface area contributed by atoms with E-state index in [2.05, 4.69) is 24.1 Å². The van der Waals surface area contributed by atoms with E-state index in [-0.39, 0.29) is 11.9 Å². The molecule has 1 amide bonds. The highest BCUT2D eigenvalue weighted by molar-refractivity contribution is 6.29. The van der Waals surface area contributed by atoms with Crippen LogP contribution in [0.5, 0.6) is 0 Å². The van der Waals surface area contributed by atoms with Gasteiger partial charge in [-0.3, -0.25) is 4.79 Å². The summed E-state index contributed by atoms with van der Waals surface area (Å²) in [7, 11) is 0. The minimum atomic E-state index is -0.0646. The van der Waals surface area contributed by atoms with Gasteiger partial charge in [-0.05, 0) is 31.9 Å². The van der Waals surface area contributed by atoms with Crippen LogP contribution in [-0.2, 0) is 6.42 Å². The Balaban J connectivity index is 2.70. The molecule has 1 atom stereocenters. The van der Waals surface area contributed by atoms with Gasteiger partial charge in [0.2, 0.25) is 0 Å². The molecule has 0 aromatic carbocycles. The topological polar surface area (TPSA) is 42.0 Å². The van der Waals surface area contributed by atoms with E-state index in [1.54, 1.807) is 6.07 Å². The Morgan fingerprint density at radius 3 is 2.74 bits per heavy atom. The Bertz CT molecular complexity index is 421. The highest BCUT2D eigenvalue weighted by atomic mass is 35.5. The van der Waals surface area contributed by atoms with Crippen molar-refractivity contribution in [3.63, 3.8) is 0 Å². The molecule has 1 N–H and O–H groups in total. The summed E-state index contributed by atoms with van der Waals surface area (Å²) in [6, 6.07) is 3.65. The van der Waals surface area contributed by atoms with Crippen molar-refractivity contribution in [2.24, 2.45) is 0 Å². The second-order valence-corrected chi connectivity index (χ2v) is 5.32. The molecule has 0 aliphatic carbocycles. The fourth-order valence-corrected chi connectivity index (χ4v) is 2.18. The van der Waals surface area contributed by atoms with Crippen molar-refractivity contribution < 1.29 is 4.79 Å². The summed E-state index contributed by atoms with van der Waals surface area (Å²) in [6.45, 7) is 6.26. The number of unbranched alkanes of at least 4 members (excludes halogenated alkanes) is 1. The second-order valence-electron chi connectivity index (χ2n) is 4.94. The molecule has 0 bridgehead atoms. The molecular weight excluding hydrogens is 260 g/mol. The number of pyridine rings is 1. The highest BCUT2D eigenvalue weighted by Gasteiger charge is 2.11. The molecule has 0 radical (unpaired) electrons. The fraction of sp³-hybridized carbons (Fsp3) is 0.600. The van der Waals surface area contributed by atoms with Crippen molar-refractivity contribution >= 4 is 17.5 Å². The Morgan fingerprint density at radius 1 is 1.37 bits per heavy atom. The summed E-state index contributed by atoms with van der Waals surface area (Å²) < 4.78 is 0. The van der Waals surface area contributed by atoms with Crippen LogP contribution in [0, 0.1) is 0 Å². The molecule has 4 heteroatoms. The van der Waals surface area contributed by atoms with E-state index in [0.717, 1.165) is 37.8 Å². The minimum Gasteiger partial charge on any atom is -0.350 e. The Hall–Kier alpha value is -1.09. The number of nitrogens with zero attached hydrogens (tertiary/aromatic N) is 1. The van der Waals surface area contributed by atoms with Crippen molar-refractivity contribution in [2.45, 2.75) is 58.9 Å². The first-order valence-electron chi connectivity index (χ1n) is 7.04. The number of hydrogen-bond acceptors (Lipinski definition) is 2. The summed E-state index contributed by atoms with van der Waals surface area (Å²) in [5.74, 6) is -0.0646. The van der Waals surface area contributed by atoms with Gasteiger partial charge in [0.25, 0.3) is 5.91 Å². The maximum Gasteiger partial charge on any atom is 0.251 e. The van der Waals surface area contributed by atoms with Crippen molar-refractivity contribution in [3.8, 4) is 0 Å². The average molecular weight is 283 g/mol. The first-order chi connectivity index (χ1) is 9.06. The van der Waals surface area contributed by atoms with Gasteiger partial charge in [-0.25, -0.2) is 4.98 Å². The van der Waals surface area contributed by atoms with Crippen molar-refractivity contribution in [1.29, 1.82) is 0 Å². The lowest BCUT2D eigenvalue weighted by Gasteiger charge is -2.14. The van der Waals surface area contributed by atoms with Crippen LogP contribution in [0.4, 0.5) is 0 Å². The lowest BCUT2D eigenvalue weighted by molar-refractivity contribution is 0.0937. The number of aryl methyl sites for hydroxylation is 1. The van der Waals surface area contributed by atoms with E-state index in [0.29, 0.717) is 10.7 Å². The Labute approximate surface area is 120 Å². The number of hydrogen-bond donors (Lipinski definition) is 1. The fourth-order valence-electron chi connectivity index (χ4n) is 1.96. The number of halogens is 1. The van der Waals surface area contributed by atoms with Gasteiger partial charge in [-0.2, -0.15) is 0 Å². The third kappa shape index (κ3) is 5.60. The van der Waals surface area contributed by atoms with Gasteiger partial charge >= 0.3 is 0 Å². The van der Waals surface area contributed by atoms with Gasteiger partial charge in [0.1, 0.15) is 5.15 Å². The summed E-state index contributed by atoms with van der Waals surface area (Å²) in [4.78, 5) is 16.3. The van der Waals surface area contributed by atoms with Crippen LogP contribution in [0.2, 0.25) is 5.15 Å². The molecular formula is C15H23ClN2O. The molecule has 1 heterocycles. The molecule has 1 rings (SSSR count). The Kier molecular flexibility index (Phi) is 6.85. The predicted molar refractivity (Wildman–Crippen MR) is 79.7 cm³/mol. The SMILES string of the molecule is CCCCC(C)NC(=O)c1cc(Cl)nc(CCC)c1. The standard InChI is InChI=1S/C15H23ClN2O/c1-4-6-8-11(3)17-15(19)12-9-13(7-5-2)18-14(16)10-12/h9-11H,4-8H2,1-3H3,(H,17,19). The third-order valence-electron chi connectivity index (χ3n) is 2.98. The minimum absolute atomic E-state index is 0.0646. The summed E-state index contributed by atoms with van der Waals surface area (Å²) in [5, 5.41) is 3.39. The second kappa shape index (κ2) is 8.16. The van der Waals surface area contributed by atoms with Crippen LogP contribution in [0.15, 0.2) is 12.1 Å². The maximum absolute atomic E-state index is 12.1. The molecule has 1 unspecified atom stereocenters. The van der Waals surface area contributed by atoms with Gasteiger partial charge < -0.3 is 5.32 Å². The smallest absolute Gasteiger partial charge is 0.251 e. The monoisotopic (exact) mass is 282 g/mol. The largest absolute Gasteiger partial charge is 0.350 e. The zero-order chi connectivity index (χ0) is 14.3. The average Bonchev–Trinajstić information content (AvgIpc) is 2.36. The van der Waals surface area contributed by atoms with Crippen molar-refractivity contribution in [3.05, 3.63) is 28.5 Å². The van der Waals surface area contributed by atoms with Crippen molar-refractivity contribution in [1.82, 2.24) is 10.3 Å². The molecule has 106 valence electrons. The molecule has 0 saturated heterocycles. The first-order valence-corrected chi connectivity index (χ1v) is 7.42. The van der Waals surface area contributed by atoms with Gasteiger partial charge in [0.05, 0.1) is 0 Å². The van der Waals surface area contributed by atoms with Gasteiger partial charge in [0.15, 0.2) is 0 Å². The summed E-state index contributed by atoms with van der Waals surface area (Å²) in [5.41, 5.74) is 1.48. The third-order valence-corrected chi connectivity index (χ3v) is 3.18. The molecule has 0 saturated carbocycles. The van der Waals surface area contributed by atoms with Gasteiger partial charge in [-0.15, -0.1) is 0 Å². The van der Waals surface area contributed by atoms with E-state index in [1.165, 1.54) is 0 Å². The molecule has 0 aliphatic rings. The number of amides is 1. The lowest BCUT2D eigenvalue weighted by Crippen LogP contribution is -2.32. The zero-order valence-corrected chi connectivity index (χ0v) is 12.8. The lowest BCUT2D eigenvalue weighted by atomic mass is 10.1. The number of carbonyl (C=O) groups is 1. The van der Waals surface area contributed by atoms with E-state index in [9.17, 15) is 4.79 Å². The molecule has 0 spiro atoms. The molecule has 3 nitrogen and oxygen atoms in total. The van der Waals surface area contributed by atoms with Crippen molar-refractivity contribution in [2.75, 3.05) is 0 Å². The van der Waals surface area contributed by atoms with E-state index in [4.69, 9.17) is 11.6 Å². The molecule has 0 fully saturated rings. The number of nitrogens with one attached hydrogen (secondary N) is 1. The number of aromatic nitrogens is 1. The predicted octanol–water partition coefficient (Wildman–Crippen LogP) is 4.00. The van der Waals surface area contributed by atoms with Crippen LogP contribution < -0.4 is 5.32 Å². The quantitative estimate of drug-likeness (QED) is 0.768. The van der Waals surface area contributed by atoms with Crippen LogP contribution >= 0.6 is 11.6 Å². The van der Waals surface area contributed by atoms with E-state index in [1.807, 2.05) is 13.0 Å². The molecule has 1 aromatic heterocycles. The Morgan fingerprint density at radius 2 is 2.11 bits per heavy atom. The normalized spacial score (nSPS) is 12.2. The molecule has 0 aliphatic heterocycles. The zero-order valence-electron chi connectivity index (χ0n) is 12.0. The van der Waals surface area contributed by atoms with Crippen LogP contribution in [0.1, 0.15) is 62.5 Å². The summed E-state index contributed by atoms with van der Waals surface area (Å²) in [6.07, 6.45) is 5.10. The van der Waals surface area contributed by atoms with Gasteiger partial charge in [0, 0.05) is 17.3 Å². The van der Waals surface area contributed by atoms with E-state index < -0.39 is 0 Å². The van der Waals surface area contributed by atoms with E-state index >= 15 is 0 Å². The number of rotatable bonds is 7. The first kappa shape index (κ1) is 16.0. The van der Waals surface area contributed by atoms with Crippen LogP contribution in [0.3, 0.4) is 0 Å².